The first-order valence-electron chi connectivity index (χ1n) is 4.44. The molecule has 0 N–H and O–H groups in total. The van der Waals surface area contributed by atoms with Crippen molar-refractivity contribution in [3.05, 3.63) is 33.1 Å². The molecular formula is C9H12N2O3. The minimum Gasteiger partial charge on any atom is -0.303 e. The number of nitrogens with zero attached hydrogens (tertiary/aromatic N) is 2. The summed E-state index contributed by atoms with van der Waals surface area (Å²) >= 11 is 0. The van der Waals surface area contributed by atoms with Gasteiger partial charge in [0.1, 0.15) is 6.29 Å². The van der Waals surface area contributed by atoms with Crippen molar-refractivity contribution in [1.29, 1.82) is 0 Å². The highest BCUT2D eigenvalue weighted by Gasteiger charge is 2.02. The van der Waals surface area contributed by atoms with Gasteiger partial charge in [0, 0.05) is 31.8 Å². The molecule has 5 heteroatoms. The van der Waals surface area contributed by atoms with Gasteiger partial charge in [-0.1, -0.05) is 0 Å². The predicted molar refractivity (Wildman–Crippen MR) is 51.3 cm³/mol. The van der Waals surface area contributed by atoms with Gasteiger partial charge in [-0.2, -0.15) is 0 Å². The molecule has 0 saturated carbocycles. The second-order valence-electron chi connectivity index (χ2n) is 2.83. The van der Waals surface area contributed by atoms with Crippen molar-refractivity contribution >= 4 is 6.29 Å². The molecule has 0 amide bonds. The van der Waals surface area contributed by atoms with Gasteiger partial charge >= 0.3 is 5.69 Å². The number of rotatable bonds is 4. The van der Waals surface area contributed by atoms with Gasteiger partial charge < -0.3 is 9.36 Å². The van der Waals surface area contributed by atoms with Crippen LogP contribution >= 0.6 is 0 Å². The van der Waals surface area contributed by atoms with Gasteiger partial charge in [-0.25, -0.2) is 4.79 Å². The van der Waals surface area contributed by atoms with Gasteiger partial charge in [-0.3, -0.25) is 9.36 Å². The van der Waals surface area contributed by atoms with Gasteiger partial charge in [0.2, 0.25) is 0 Å². The second kappa shape index (κ2) is 4.55. The van der Waals surface area contributed by atoms with Gasteiger partial charge in [0.05, 0.1) is 0 Å². The molecule has 1 heterocycles. The fourth-order valence-electron chi connectivity index (χ4n) is 1.19. The van der Waals surface area contributed by atoms with E-state index in [1.807, 2.05) is 6.92 Å². The molecule has 14 heavy (non-hydrogen) atoms. The third-order valence-electron chi connectivity index (χ3n) is 1.95. The lowest BCUT2D eigenvalue weighted by Crippen LogP contribution is -2.38. The van der Waals surface area contributed by atoms with Gasteiger partial charge in [0.25, 0.3) is 5.56 Å². The van der Waals surface area contributed by atoms with E-state index in [0.717, 1.165) is 4.57 Å². The summed E-state index contributed by atoms with van der Waals surface area (Å²) in [6.45, 7) is 2.48. The summed E-state index contributed by atoms with van der Waals surface area (Å²) in [6.07, 6.45) is 2.33. The Balaban J connectivity index is 3.19. The van der Waals surface area contributed by atoms with Crippen molar-refractivity contribution in [2.45, 2.75) is 26.4 Å². The molecule has 0 bridgehead atoms. The molecule has 1 aromatic rings. The highest BCUT2D eigenvalue weighted by molar-refractivity contribution is 5.48. The van der Waals surface area contributed by atoms with Crippen LogP contribution in [0, 0.1) is 0 Å². The largest absolute Gasteiger partial charge is 0.330 e. The summed E-state index contributed by atoms with van der Waals surface area (Å²) in [5, 5.41) is 0. The SMILES string of the molecule is CCn1ccc(=O)n(CCC=O)c1=O. The van der Waals surface area contributed by atoms with E-state index in [1.165, 1.54) is 16.8 Å². The Morgan fingerprint density at radius 3 is 2.71 bits per heavy atom. The summed E-state index contributed by atoms with van der Waals surface area (Å²) in [5.74, 6) is 0. The Bertz CT molecular complexity index is 430. The van der Waals surface area contributed by atoms with Crippen molar-refractivity contribution in [2.75, 3.05) is 0 Å². The normalized spacial score (nSPS) is 10.1. The molecule has 76 valence electrons. The molecule has 0 unspecified atom stereocenters. The molecule has 5 nitrogen and oxygen atoms in total. The van der Waals surface area contributed by atoms with E-state index in [9.17, 15) is 14.4 Å². The number of aryl methyl sites for hydroxylation is 1. The average molecular weight is 196 g/mol. The highest BCUT2D eigenvalue weighted by atomic mass is 16.2. The molecule has 0 spiro atoms. The van der Waals surface area contributed by atoms with E-state index in [0.29, 0.717) is 12.8 Å². The number of carbonyl (C=O) groups excluding carboxylic acids is 1. The Morgan fingerprint density at radius 1 is 1.43 bits per heavy atom. The highest BCUT2D eigenvalue weighted by Crippen LogP contribution is 1.80. The molecule has 0 aliphatic heterocycles. The monoisotopic (exact) mass is 196 g/mol. The smallest absolute Gasteiger partial charge is 0.303 e. The van der Waals surface area contributed by atoms with Crippen LogP contribution in [0.3, 0.4) is 0 Å². The topological polar surface area (TPSA) is 61.1 Å². The maximum atomic E-state index is 11.5. The number of aromatic nitrogens is 2. The fraction of sp³-hybridized carbons (Fsp3) is 0.444. The zero-order valence-electron chi connectivity index (χ0n) is 7.97. The number of hydrogen-bond donors (Lipinski definition) is 0. The van der Waals surface area contributed by atoms with Crippen LogP contribution < -0.4 is 11.2 Å². The molecular weight excluding hydrogens is 184 g/mol. The van der Waals surface area contributed by atoms with Crippen LogP contribution in [0.5, 0.6) is 0 Å². The number of aldehydes is 1. The van der Waals surface area contributed by atoms with Crippen molar-refractivity contribution in [3.8, 4) is 0 Å². The quantitative estimate of drug-likeness (QED) is 0.617. The first kappa shape index (κ1) is 10.4. The fourth-order valence-corrected chi connectivity index (χ4v) is 1.19. The lowest BCUT2D eigenvalue weighted by molar-refractivity contribution is -0.108. The van der Waals surface area contributed by atoms with Crippen molar-refractivity contribution in [1.82, 2.24) is 9.13 Å². The molecule has 0 aliphatic carbocycles. The Kier molecular flexibility index (Phi) is 3.39. The van der Waals surface area contributed by atoms with Crippen LogP contribution in [-0.2, 0) is 17.9 Å². The van der Waals surface area contributed by atoms with Crippen LogP contribution in [0.25, 0.3) is 0 Å². The van der Waals surface area contributed by atoms with E-state index < -0.39 is 0 Å². The molecule has 0 saturated heterocycles. The summed E-state index contributed by atoms with van der Waals surface area (Å²) in [5.41, 5.74) is -0.719. The Hall–Kier alpha value is -1.65. The minimum atomic E-state index is -0.360. The Labute approximate surface area is 80.6 Å². The molecule has 0 atom stereocenters. The number of carbonyl (C=O) groups is 1. The zero-order valence-corrected chi connectivity index (χ0v) is 7.97. The molecule has 1 rings (SSSR count). The molecule has 0 aliphatic rings. The maximum absolute atomic E-state index is 11.5. The average Bonchev–Trinajstić information content (AvgIpc) is 2.18. The lowest BCUT2D eigenvalue weighted by atomic mass is 10.4. The standard InChI is InChI=1S/C9H12N2O3/c1-2-10-6-4-8(13)11(9(10)14)5-3-7-12/h4,6-7H,2-3,5H2,1H3. The van der Waals surface area contributed by atoms with Crippen molar-refractivity contribution < 1.29 is 4.79 Å². The van der Waals surface area contributed by atoms with E-state index >= 15 is 0 Å². The minimum absolute atomic E-state index is 0.155. The van der Waals surface area contributed by atoms with Gasteiger partial charge in [-0.15, -0.1) is 0 Å². The van der Waals surface area contributed by atoms with Crippen LogP contribution in [-0.4, -0.2) is 15.4 Å². The van der Waals surface area contributed by atoms with Crippen LogP contribution in [0.15, 0.2) is 21.9 Å². The van der Waals surface area contributed by atoms with Crippen molar-refractivity contribution in [3.63, 3.8) is 0 Å². The lowest BCUT2D eigenvalue weighted by Gasteiger charge is -2.05. The van der Waals surface area contributed by atoms with Crippen LogP contribution in [0.2, 0.25) is 0 Å². The summed E-state index contributed by atoms with van der Waals surface area (Å²) in [4.78, 5) is 32.9. The van der Waals surface area contributed by atoms with Crippen LogP contribution in [0.1, 0.15) is 13.3 Å². The second-order valence-corrected chi connectivity index (χ2v) is 2.83. The first-order valence-corrected chi connectivity index (χ1v) is 4.44. The van der Waals surface area contributed by atoms with E-state index in [4.69, 9.17) is 0 Å². The van der Waals surface area contributed by atoms with E-state index in [1.54, 1.807) is 0 Å². The molecule has 0 fully saturated rings. The summed E-state index contributed by atoms with van der Waals surface area (Å²) < 4.78 is 2.49. The molecule has 0 radical (unpaired) electrons. The summed E-state index contributed by atoms with van der Waals surface area (Å²) in [7, 11) is 0. The van der Waals surface area contributed by atoms with Crippen LogP contribution in [0.4, 0.5) is 0 Å². The molecule has 0 aromatic carbocycles. The van der Waals surface area contributed by atoms with Gasteiger partial charge in [-0.05, 0) is 6.92 Å². The third kappa shape index (κ3) is 1.99. The van der Waals surface area contributed by atoms with Gasteiger partial charge in [0.15, 0.2) is 0 Å². The maximum Gasteiger partial charge on any atom is 0.330 e. The first-order chi connectivity index (χ1) is 6.70. The van der Waals surface area contributed by atoms with E-state index in [-0.39, 0.29) is 24.2 Å². The Morgan fingerprint density at radius 2 is 2.14 bits per heavy atom. The zero-order chi connectivity index (χ0) is 10.6. The summed E-state index contributed by atoms with van der Waals surface area (Å²) in [6, 6.07) is 1.33. The predicted octanol–water partition coefficient (Wildman–Crippen LogP) is -0.381. The van der Waals surface area contributed by atoms with Crippen molar-refractivity contribution in [2.24, 2.45) is 0 Å². The third-order valence-corrected chi connectivity index (χ3v) is 1.95. The van der Waals surface area contributed by atoms with E-state index in [2.05, 4.69) is 0 Å². The molecule has 1 aromatic heterocycles. The number of hydrogen-bond acceptors (Lipinski definition) is 3.